The average Bonchev–Trinajstić information content (AvgIpc) is 2.78. The van der Waals surface area contributed by atoms with Crippen molar-refractivity contribution in [3.05, 3.63) is 71.3 Å². The number of hydrogen-bond acceptors (Lipinski definition) is 6. The van der Waals surface area contributed by atoms with E-state index in [-0.39, 0.29) is 46.8 Å². The van der Waals surface area contributed by atoms with Crippen LogP contribution in [0, 0.1) is 5.82 Å². The molecule has 34 heavy (non-hydrogen) atoms. The van der Waals surface area contributed by atoms with E-state index in [1.807, 2.05) is 0 Å². The van der Waals surface area contributed by atoms with Crippen LogP contribution in [0.25, 0.3) is 11.1 Å². The van der Waals surface area contributed by atoms with E-state index in [9.17, 15) is 26.4 Å². The van der Waals surface area contributed by atoms with Crippen molar-refractivity contribution in [3.8, 4) is 11.1 Å². The number of carbonyl (C=O) groups is 1. The van der Waals surface area contributed by atoms with Crippen molar-refractivity contribution in [1.29, 1.82) is 0 Å². The van der Waals surface area contributed by atoms with Gasteiger partial charge in [-0.25, -0.2) is 18.7 Å². The van der Waals surface area contributed by atoms with Gasteiger partial charge in [0.05, 0.1) is 17.1 Å². The second-order valence-corrected chi connectivity index (χ2v) is 10.2. The first-order valence-electron chi connectivity index (χ1n) is 10.2. The molecule has 2 aromatic carbocycles. The van der Waals surface area contributed by atoms with Gasteiger partial charge in [-0.1, -0.05) is 18.2 Å². The van der Waals surface area contributed by atoms with Gasteiger partial charge in [-0.15, -0.1) is 0 Å². The highest BCUT2D eigenvalue weighted by atomic mass is 32.2. The lowest BCUT2D eigenvalue weighted by Crippen LogP contribution is -2.43. The van der Waals surface area contributed by atoms with Crippen LogP contribution < -0.4 is 5.84 Å². The fourth-order valence-corrected chi connectivity index (χ4v) is 5.03. The normalized spacial score (nSPS) is 20.0. The zero-order chi connectivity index (χ0) is 24.7. The molecule has 0 saturated carbocycles. The minimum atomic E-state index is -4.70. The maximum Gasteiger partial charge on any atom is 0.416 e. The Labute approximate surface area is 193 Å². The minimum absolute atomic E-state index is 0.0960. The summed E-state index contributed by atoms with van der Waals surface area (Å²) in [5.41, 5.74) is -0.844. The third-order valence-electron chi connectivity index (χ3n) is 5.71. The highest BCUT2D eigenvalue weighted by molar-refractivity contribution is 7.91. The summed E-state index contributed by atoms with van der Waals surface area (Å²) in [7, 11) is -3.30. The number of nitrogens with two attached hydrogens (primary N) is 1. The van der Waals surface area contributed by atoms with Crippen LogP contribution >= 0.6 is 0 Å². The molecule has 1 saturated heterocycles. The zero-order valence-corrected chi connectivity index (χ0v) is 18.5. The molecular formula is C22H20F4N4O3S. The molecule has 0 aromatic heterocycles. The number of alkyl halides is 3. The number of sulfone groups is 1. The monoisotopic (exact) mass is 496 g/mol. The molecule has 4 rings (SSSR count). The summed E-state index contributed by atoms with van der Waals surface area (Å²) in [6, 6.07) is 6.01. The van der Waals surface area contributed by atoms with E-state index in [1.165, 1.54) is 40.7 Å². The van der Waals surface area contributed by atoms with Crippen molar-refractivity contribution in [3.63, 3.8) is 0 Å². The first kappa shape index (κ1) is 23.9. The maximum absolute atomic E-state index is 15.0. The van der Waals surface area contributed by atoms with Crippen LogP contribution in [0.15, 0.2) is 53.8 Å². The van der Waals surface area contributed by atoms with Gasteiger partial charge in [-0.3, -0.25) is 9.79 Å². The molecule has 7 nitrogen and oxygen atoms in total. The van der Waals surface area contributed by atoms with E-state index < -0.39 is 39.3 Å². The third-order valence-corrected chi connectivity index (χ3v) is 7.32. The summed E-state index contributed by atoms with van der Waals surface area (Å²) < 4.78 is 78.5. The standard InChI is InChI=1S/C22H20F4N4O3S/c23-19-11-14(1-3-17(19)20-13-28-5-6-30(20)27)16-4-2-15(22(24,25)26)12-18(16)21(31)29-7-9-34(32,33)10-8-29/h1-6,11-13,20H,7-10,27H2. The van der Waals surface area contributed by atoms with E-state index in [4.69, 9.17) is 5.84 Å². The van der Waals surface area contributed by atoms with E-state index in [0.717, 1.165) is 18.2 Å². The van der Waals surface area contributed by atoms with Gasteiger partial charge < -0.3 is 9.91 Å². The molecule has 180 valence electrons. The number of carbonyl (C=O) groups excluding carboxylic acids is 1. The first-order chi connectivity index (χ1) is 16.0. The van der Waals surface area contributed by atoms with Crippen molar-refractivity contribution < 1.29 is 30.8 Å². The van der Waals surface area contributed by atoms with Gasteiger partial charge in [0, 0.05) is 42.8 Å². The predicted molar refractivity (Wildman–Crippen MR) is 118 cm³/mol. The Bertz CT molecular complexity index is 1280. The zero-order valence-electron chi connectivity index (χ0n) is 17.7. The van der Waals surface area contributed by atoms with E-state index in [2.05, 4.69) is 4.99 Å². The topological polar surface area (TPSA) is 96.1 Å². The Morgan fingerprint density at radius 3 is 2.41 bits per heavy atom. The molecule has 0 aliphatic carbocycles. The number of nitrogens with zero attached hydrogens (tertiary/aromatic N) is 3. The molecule has 0 bridgehead atoms. The molecule has 0 spiro atoms. The molecule has 1 amide bonds. The average molecular weight is 496 g/mol. The van der Waals surface area contributed by atoms with Crippen molar-refractivity contribution in [2.45, 2.75) is 12.2 Å². The second kappa shape index (κ2) is 8.84. The van der Waals surface area contributed by atoms with Crippen LogP contribution in [0.1, 0.15) is 27.5 Å². The number of aliphatic imine (C=N–C) groups is 1. The Kier molecular flexibility index (Phi) is 6.21. The number of rotatable bonds is 3. The van der Waals surface area contributed by atoms with Crippen molar-refractivity contribution in [1.82, 2.24) is 9.91 Å². The summed E-state index contributed by atoms with van der Waals surface area (Å²) in [5.74, 6) is 3.86. The van der Waals surface area contributed by atoms with E-state index in [0.29, 0.717) is 6.07 Å². The van der Waals surface area contributed by atoms with Gasteiger partial charge in [0.15, 0.2) is 9.84 Å². The van der Waals surface area contributed by atoms with Crippen LogP contribution in [0.3, 0.4) is 0 Å². The van der Waals surface area contributed by atoms with Crippen molar-refractivity contribution in [2.24, 2.45) is 10.8 Å². The molecular weight excluding hydrogens is 476 g/mol. The SMILES string of the molecule is NN1C=CN=CC1c1ccc(-c2ccc(C(F)(F)F)cc2C(=O)N2CCS(=O)(=O)CC2)cc1F. The Hall–Kier alpha value is -3.25. The van der Waals surface area contributed by atoms with Crippen molar-refractivity contribution >= 4 is 22.0 Å². The highest BCUT2D eigenvalue weighted by Gasteiger charge is 2.34. The largest absolute Gasteiger partial charge is 0.416 e. The van der Waals surface area contributed by atoms with Crippen LogP contribution in [-0.2, 0) is 16.0 Å². The first-order valence-corrected chi connectivity index (χ1v) is 12.0. The molecule has 2 aliphatic heterocycles. The fraction of sp³-hybridized carbons (Fsp3) is 0.273. The molecule has 2 heterocycles. The molecule has 2 N–H and O–H groups in total. The summed E-state index contributed by atoms with van der Waals surface area (Å²) in [5, 5.41) is 1.25. The lowest BCUT2D eigenvalue weighted by atomic mass is 9.94. The minimum Gasteiger partial charge on any atom is -0.337 e. The number of benzene rings is 2. The summed E-state index contributed by atoms with van der Waals surface area (Å²) in [6.45, 7) is -0.268. The van der Waals surface area contributed by atoms with Gasteiger partial charge in [0.1, 0.15) is 11.9 Å². The van der Waals surface area contributed by atoms with Crippen molar-refractivity contribution in [2.75, 3.05) is 24.6 Å². The molecule has 2 aromatic rings. The van der Waals surface area contributed by atoms with Gasteiger partial charge in [-0.2, -0.15) is 13.2 Å². The Balaban J connectivity index is 1.74. The van der Waals surface area contributed by atoms with Gasteiger partial charge in [-0.05, 0) is 29.3 Å². The lowest BCUT2D eigenvalue weighted by molar-refractivity contribution is -0.137. The van der Waals surface area contributed by atoms with Gasteiger partial charge in [0.2, 0.25) is 0 Å². The molecule has 0 radical (unpaired) electrons. The molecule has 1 atom stereocenters. The maximum atomic E-state index is 15.0. The quantitative estimate of drug-likeness (QED) is 0.520. The van der Waals surface area contributed by atoms with Crippen LogP contribution in [0.4, 0.5) is 17.6 Å². The number of hydrazine groups is 1. The summed E-state index contributed by atoms with van der Waals surface area (Å²) in [6.07, 6.45) is -0.361. The van der Waals surface area contributed by atoms with Gasteiger partial charge in [0.25, 0.3) is 5.91 Å². The highest BCUT2D eigenvalue weighted by Crippen LogP contribution is 2.35. The van der Waals surface area contributed by atoms with E-state index in [1.54, 1.807) is 0 Å². The third kappa shape index (κ3) is 4.82. The van der Waals surface area contributed by atoms with Gasteiger partial charge >= 0.3 is 6.18 Å². The molecule has 1 fully saturated rings. The predicted octanol–water partition coefficient (Wildman–Crippen LogP) is 3.15. The number of amides is 1. The lowest BCUT2D eigenvalue weighted by Gasteiger charge is -2.28. The van der Waals surface area contributed by atoms with Crippen LogP contribution in [0.5, 0.6) is 0 Å². The van der Waals surface area contributed by atoms with E-state index >= 15 is 4.39 Å². The van der Waals surface area contributed by atoms with Crippen LogP contribution in [0.2, 0.25) is 0 Å². The molecule has 1 unspecified atom stereocenters. The van der Waals surface area contributed by atoms with Crippen LogP contribution in [-0.4, -0.2) is 55.0 Å². The number of halogens is 4. The molecule has 2 aliphatic rings. The summed E-state index contributed by atoms with van der Waals surface area (Å²) in [4.78, 5) is 18.3. The smallest absolute Gasteiger partial charge is 0.337 e. The Morgan fingerprint density at radius 1 is 1.09 bits per heavy atom. The molecule has 12 heteroatoms. The number of hydrogen-bond donors (Lipinski definition) is 1. The Morgan fingerprint density at radius 2 is 1.79 bits per heavy atom. The second-order valence-electron chi connectivity index (χ2n) is 7.93. The fourth-order valence-electron chi connectivity index (χ4n) is 3.83. The summed E-state index contributed by atoms with van der Waals surface area (Å²) >= 11 is 0.